The highest BCUT2D eigenvalue weighted by molar-refractivity contribution is 6.07. The van der Waals surface area contributed by atoms with Gasteiger partial charge < -0.3 is 9.64 Å². The number of carbonyl (C=O) groups excluding carboxylic acids is 2. The van der Waals surface area contributed by atoms with E-state index < -0.39 is 0 Å². The number of esters is 1. The van der Waals surface area contributed by atoms with Crippen molar-refractivity contribution in [3.05, 3.63) is 64.7 Å². The Morgan fingerprint density at radius 1 is 1.13 bits per heavy atom. The van der Waals surface area contributed by atoms with Crippen LogP contribution in [-0.4, -0.2) is 25.5 Å². The molecule has 0 radical (unpaired) electrons. The summed E-state index contributed by atoms with van der Waals surface area (Å²) >= 11 is 0. The molecule has 3 rings (SSSR count). The Morgan fingerprint density at radius 3 is 2.65 bits per heavy atom. The number of nitrogens with zero attached hydrogens (tertiary/aromatic N) is 1. The largest absolute Gasteiger partial charge is 0.465 e. The van der Waals surface area contributed by atoms with E-state index in [0.717, 1.165) is 29.7 Å². The van der Waals surface area contributed by atoms with Gasteiger partial charge in [-0.15, -0.1) is 0 Å². The van der Waals surface area contributed by atoms with Gasteiger partial charge in [0.2, 0.25) is 0 Å². The van der Waals surface area contributed by atoms with Crippen molar-refractivity contribution < 1.29 is 14.3 Å². The lowest BCUT2D eigenvalue weighted by Crippen LogP contribution is -2.36. The van der Waals surface area contributed by atoms with E-state index in [4.69, 9.17) is 4.74 Å². The zero-order valence-electron chi connectivity index (χ0n) is 13.3. The van der Waals surface area contributed by atoms with Gasteiger partial charge in [-0.05, 0) is 49.6 Å². The van der Waals surface area contributed by atoms with Crippen LogP contribution in [0, 0.1) is 6.92 Å². The van der Waals surface area contributed by atoms with Crippen molar-refractivity contribution in [2.24, 2.45) is 0 Å². The fraction of sp³-hybridized carbons (Fsp3) is 0.263. The molecular formula is C19H19NO3. The summed E-state index contributed by atoms with van der Waals surface area (Å²) in [7, 11) is 1.38. The molecule has 0 saturated carbocycles. The molecule has 4 nitrogen and oxygen atoms in total. The molecule has 0 unspecified atom stereocenters. The summed E-state index contributed by atoms with van der Waals surface area (Å²) in [6, 6.07) is 13.0. The number of hydrogen-bond donors (Lipinski definition) is 0. The molecule has 118 valence electrons. The van der Waals surface area contributed by atoms with Gasteiger partial charge in [-0.1, -0.05) is 23.8 Å². The van der Waals surface area contributed by atoms with Gasteiger partial charge in [-0.2, -0.15) is 0 Å². The highest BCUT2D eigenvalue weighted by Crippen LogP contribution is 2.31. The summed E-state index contributed by atoms with van der Waals surface area (Å²) < 4.78 is 4.86. The molecule has 1 aliphatic heterocycles. The molecule has 0 bridgehead atoms. The molecule has 0 aromatic heterocycles. The van der Waals surface area contributed by atoms with Crippen molar-refractivity contribution in [3.63, 3.8) is 0 Å². The van der Waals surface area contributed by atoms with E-state index in [-0.39, 0.29) is 11.9 Å². The van der Waals surface area contributed by atoms with Crippen molar-refractivity contribution >= 4 is 17.6 Å². The first-order valence-electron chi connectivity index (χ1n) is 7.70. The van der Waals surface area contributed by atoms with Crippen molar-refractivity contribution in [1.82, 2.24) is 0 Å². The Kier molecular flexibility index (Phi) is 4.15. The summed E-state index contributed by atoms with van der Waals surface area (Å²) in [5.74, 6) is -0.386. The molecule has 2 aromatic rings. The molecule has 1 amide bonds. The average Bonchev–Trinajstić information content (AvgIpc) is 2.59. The predicted octanol–water partition coefficient (Wildman–Crippen LogP) is 3.37. The Labute approximate surface area is 135 Å². The SMILES string of the molecule is COC(=O)c1cccc2c1CCCN2C(=O)c1cccc(C)c1. The molecule has 1 heterocycles. The summed E-state index contributed by atoms with van der Waals surface area (Å²) in [5, 5.41) is 0. The van der Waals surface area contributed by atoms with E-state index >= 15 is 0 Å². The molecule has 2 aromatic carbocycles. The maximum atomic E-state index is 12.9. The van der Waals surface area contributed by atoms with Crippen LogP contribution in [0.1, 0.15) is 38.3 Å². The van der Waals surface area contributed by atoms with Crippen LogP contribution in [0.15, 0.2) is 42.5 Å². The van der Waals surface area contributed by atoms with Crippen LogP contribution in [0.4, 0.5) is 5.69 Å². The Morgan fingerprint density at radius 2 is 1.91 bits per heavy atom. The zero-order valence-corrected chi connectivity index (χ0v) is 13.3. The van der Waals surface area contributed by atoms with Crippen LogP contribution in [0.3, 0.4) is 0 Å². The van der Waals surface area contributed by atoms with E-state index in [9.17, 15) is 9.59 Å². The first-order valence-corrected chi connectivity index (χ1v) is 7.70. The van der Waals surface area contributed by atoms with Gasteiger partial charge in [-0.3, -0.25) is 4.79 Å². The third-order valence-corrected chi connectivity index (χ3v) is 4.17. The normalized spacial score (nSPS) is 13.4. The number of amides is 1. The lowest BCUT2D eigenvalue weighted by molar-refractivity contribution is 0.0599. The molecule has 4 heteroatoms. The third-order valence-electron chi connectivity index (χ3n) is 4.17. The number of aryl methyl sites for hydroxylation is 1. The number of benzene rings is 2. The van der Waals surface area contributed by atoms with Gasteiger partial charge in [-0.25, -0.2) is 4.79 Å². The fourth-order valence-corrected chi connectivity index (χ4v) is 3.07. The second-order valence-corrected chi connectivity index (χ2v) is 5.72. The molecule has 0 atom stereocenters. The lowest BCUT2D eigenvalue weighted by atomic mass is 9.95. The van der Waals surface area contributed by atoms with Gasteiger partial charge in [0, 0.05) is 17.8 Å². The Balaban J connectivity index is 2.02. The second-order valence-electron chi connectivity index (χ2n) is 5.72. The molecule has 0 fully saturated rings. The third kappa shape index (κ3) is 2.84. The second kappa shape index (κ2) is 6.24. The maximum absolute atomic E-state index is 12.9. The summed E-state index contributed by atoms with van der Waals surface area (Å²) in [6.45, 7) is 2.63. The maximum Gasteiger partial charge on any atom is 0.338 e. The van der Waals surface area contributed by atoms with Gasteiger partial charge in [0.05, 0.1) is 12.7 Å². The number of carbonyl (C=O) groups is 2. The van der Waals surface area contributed by atoms with Crippen LogP contribution in [-0.2, 0) is 11.2 Å². The Hall–Kier alpha value is -2.62. The first kappa shape index (κ1) is 15.3. The summed E-state index contributed by atoms with van der Waals surface area (Å²) in [5.41, 5.74) is 3.97. The van der Waals surface area contributed by atoms with Crippen molar-refractivity contribution in [2.75, 3.05) is 18.6 Å². The van der Waals surface area contributed by atoms with E-state index in [1.54, 1.807) is 17.0 Å². The minimum absolute atomic E-state index is 0.0309. The van der Waals surface area contributed by atoms with Crippen molar-refractivity contribution in [3.8, 4) is 0 Å². The number of rotatable bonds is 2. The number of hydrogen-bond acceptors (Lipinski definition) is 3. The zero-order chi connectivity index (χ0) is 16.4. The highest BCUT2D eigenvalue weighted by Gasteiger charge is 2.27. The Bertz CT molecular complexity index is 767. The van der Waals surface area contributed by atoms with Crippen molar-refractivity contribution in [2.45, 2.75) is 19.8 Å². The van der Waals surface area contributed by atoms with Crippen LogP contribution in [0.5, 0.6) is 0 Å². The summed E-state index contributed by atoms with van der Waals surface area (Å²) in [6.07, 6.45) is 1.61. The van der Waals surface area contributed by atoms with Crippen LogP contribution in [0.25, 0.3) is 0 Å². The number of fused-ring (bicyclic) bond motifs is 1. The molecule has 0 N–H and O–H groups in total. The van der Waals surface area contributed by atoms with Gasteiger partial charge in [0.25, 0.3) is 5.91 Å². The highest BCUT2D eigenvalue weighted by atomic mass is 16.5. The molecular weight excluding hydrogens is 290 g/mol. The standard InChI is InChI=1S/C19H19NO3/c1-13-6-3-7-14(12-13)18(21)20-11-5-9-15-16(19(22)23-2)8-4-10-17(15)20/h3-4,6-8,10,12H,5,9,11H2,1-2H3. The minimum atomic E-state index is -0.355. The molecule has 0 spiro atoms. The number of anilines is 1. The molecule has 0 saturated heterocycles. The first-order chi connectivity index (χ1) is 11.1. The number of ether oxygens (including phenoxy) is 1. The lowest BCUT2D eigenvalue weighted by Gasteiger charge is -2.30. The van der Waals surface area contributed by atoms with Crippen LogP contribution < -0.4 is 4.90 Å². The summed E-state index contributed by atoms with van der Waals surface area (Å²) in [4.78, 5) is 26.6. The average molecular weight is 309 g/mol. The predicted molar refractivity (Wildman–Crippen MR) is 89.0 cm³/mol. The van der Waals surface area contributed by atoms with Gasteiger partial charge >= 0.3 is 5.97 Å². The van der Waals surface area contributed by atoms with E-state index in [2.05, 4.69) is 0 Å². The quantitative estimate of drug-likeness (QED) is 0.799. The smallest absolute Gasteiger partial charge is 0.338 e. The van der Waals surface area contributed by atoms with Gasteiger partial charge in [0.15, 0.2) is 0 Å². The molecule has 1 aliphatic rings. The minimum Gasteiger partial charge on any atom is -0.465 e. The van der Waals surface area contributed by atoms with E-state index in [1.807, 2.05) is 37.3 Å². The number of methoxy groups -OCH3 is 1. The molecule has 23 heavy (non-hydrogen) atoms. The van der Waals surface area contributed by atoms with E-state index in [1.165, 1.54) is 7.11 Å². The monoisotopic (exact) mass is 309 g/mol. The topological polar surface area (TPSA) is 46.6 Å². The van der Waals surface area contributed by atoms with Crippen LogP contribution in [0.2, 0.25) is 0 Å². The van der Waals surface area contributed by atoms with E-state index in [0.29, 0.717) is 17.7 Å². The van der Waals surface area contributed by atoms with Crippen molar-refractivity contribution in [1.29, 1.82) is 0 Å². The molecule has 0 aliphatic carbocycles. The van der Waals surface area contributed by atoms with Crippen LogP contribution >= 0.6 is 0 Å². The fourth-order valence-electron chi connectivity index (χ4n) is 3.07. The van der Waals surface area contributed by atoms with Gasteiger partial charge in [0.1, 0.15) is 0 Å².